The smallest absolute Gasteiger partial charge is 0.418 e. The molecule has 0 bridgehead atoms. The van der Waals surface area contributed by atoms with Gasteiger partial charge in [0.25, 0.3) is 6.43 Å². The number of rotatable bonds is 6. The third-order valence-corrected chi connectivity index (χ3v) is 6.52. The van der Waals surface area contributed by atoms with Crippen LogP contribution in [0.4, 0.5) is 32.4 Å². The number of aromatic nitrogens is 1. The average Bonchev–Trinajstić information content (AvgIpc) is 2.81. The Bertz CT molecular complexity index is 1140. The number of anilines is 1. The predicted octanol–water partition coefficient (Wildman–Crippen LogP) is 5.31. The fraction of sp³-hybridized carbons (Fsp3) is 0.520. The number of ether oxygens (including phenoxy) is 2. The Kier molecular flexibility index (Phi) is 7.35. The number of alkyl halides is 5. The molecule has 1 aromatic carbocycles. The number of carbonyl (C=O) groups excluding carboxylic acids is 1. The van der Waals surface area contributed by atoms with E-state index in [9.17, 15) is 31.9 Å². The van der Waals surface area contributed by atoms with E-state index in [0.29, 0.717) is 5.56 Å². The van der Waals surface area contributed by atoms with Gasteiger partial charge in [-0.2, -0.15) is 13.2 Å². The normalized spacial score (nSPS) is 24.3. The SMILES string of the molecule is CC1CC(O)(c2ccc(C(F)F)nc2)CC(COc2cc3c(c(C(F)(F)F)c2)N(C(C)C)C(=O)OC3)N1. The van der Waals surface area contributed by atoms with Gasteiger partial charge in [-0.15, -0.1) is 0 Å². The summed E-state index contributed by atoms with van der Waals surface area (Å²) in [4.78, 5) is 16.9. The summed E-state index contributed by atoms with van der Waals surface area (Å²) in [6.07, 6.45) is -6.69. The first-order valence-electron chi connectivity index (χ1n) is 11.8. The maximum Gasteiger partial charge on any atom is 0.418 e. The lowest BCUT2D eigenvalue weighted by molar-refractivity contribution is -0.137. The second-order valence-corrected chi connectivity index (χ2v) is 9.78. The predicted molar refractivity (Wildman–Crippen MR) is 123 cm³/mol. The van der Waals surface area contributed by atoms with E-state index in [4.69, 9.17) is 9.47 Å². The second-order valence-electron chi connectivity index (χ2n) is 9.78. The molecule has 0 radical (unpaired) electrons. The molecule has 2 N–H and O–H groups in total. The van der Waals surface area contributed by atoms with Crippen LogP contribution in [-0.4, -0.2) is 40.9 Å². The second kappa shape index (κ2) is 10.1. The minimum absolute atomic E-state index is 0.0563. The Hall–Kier alpha value is -2.99. The largest absolute Gasteiger partial charge is 0.492 e. The number of nitrogens with zero attached hydrogens (tertiary/aromatic N) is 2. The molecule has 1 amide bonds. The lowest BCUT2D eigenvalue weighted by Gasteiger charge is -2.41. The molecule has 1 saturated heterocycles. The Morgan fingerprint density at radius 2 is 2.00 bits per heavy atom. The summed E-state index contributed by atoms with van der Waals surface area (Å²) in [5, 5.41) is 14.6. The Morgan fingerprint density at radius 3 is 2.59 bits per heavy atom. The number of hydrogen-bond donors (Lipinski definition) is 2. The molecule has 3 unspecified atom stereocenters. The topological polar surface area (TPSA) is 83.9 Å². The van der Waals surface area contributed by atoms with E-state index < -0.39 is 47.6 Å². The number of cyclic esters (lactones) is 1. The molecule has 12 heteroatoms. The van der Waals surface area contributed by atoms with Crippen molar-refractivity contribution in [3.63, 3.8) is 0 Å². The van der Waals surface area contributed by atoms with Gasteiger partial charge in [-0.3, -0.25) is 9.88 Å². The average molecular weight is 530 g/mol. The number of halogens is 5. The molecule has 4 rings (SSSR count). The van der Waals surface area contributed by atoms with E-state index in [2.05, 4.69) is 10.3 Å². The quantitative estimate of drug-likeness (QED) is 0.494. The number of fused-ring (bicyclic) bond motifs is 1. The van der Waals surface area contributed by atoms with Crippen LogP contribution in [0.3, 0.4) is 0 Å². The van der Waals surface area contributed by atoms with Crippen LogP contribution in [0.1, 0.15) is 62.4 Å². The van der Waals surface area contributed by atoms with Crippen LogP contribution in [0, 0.1) is 0 Å². The third kappa shape index (κ3) is 5.64. The van der Waals surface area contributed by atoms with Gasteiger partial charge in [0.15, 0.2) is 0 Å². The summed E-state index contributed by atoms with van der Waals surface area (Å²) in [5.74, 6) is -0.0563. The highest BCUT2D eigenvalue weighted by Gasteiger charge is 2.42. The van der Waals surface area contributed by atoms with Crippen molar-refractivity contribution in [3.8, 4) is 5.75 Å². The maximum atomic E-state index is 14.0. The molecule has 2 aliphatic heterocycles. The zero-order valence-corrected chi connectivity index (χ0v) is 20.5. The third-order valence-electron chi connectivity index (χ3n) is 6.52. The van der Waals surface area contributed by atoms with Crippen molar-refractivity contribution in [2.75, 3.05) is 11.5 Å². The number of benzene rings is 1. The molecule has 3 heterocycles. The Morgan fingerprint density at radius 1 is 1.27 bits per heavy atom. The van der Waals surface area contributed by atoms with E-state index in [-0.39, 0.29) is 49.1 Å². The van der Waals surface area contributed by atoms with Gasteiger partial charge in [-0.25, -0.2) is 13.6 Å². The summed E-state index contributed by atoms with van der Waals surface area (Å²) in [5.41, 5.74) is -2.49. The van der Waals surface area contributed by atoms with E-state index >= 15 is 0 Å². The van der Waals surface area contributed by atoms with Gasteiger partial charge >= 0.3 is 12.3 Å². The maximum absolute atomic E-state index is 14.0. The molecule has 0 saturated carbocycles. The van der Waals surface area contributed by atoms with Crippen LogP contribution < -0.4 is 15.0 Å². The van der Waals surface area contributed by atoms with Crippen molar-refractivity contribution in [3.05, 3.63) is 52.8 Å². The summed E-state index contributed by atoms with van der Waals surface area (Å²) < 4.78 is 78.5. The van der Waals surface area contributed by atoms with Gasteiger partial charge in [0.2, 0.25) is 0 Å². The molecule has 3 atom stereocenters. The summed E-state index contributed by atoms with van der Waals surface area (Å²) in [7, 11) is 0. The first kappa shape index (κ1) is 27.1. The first-order chi connectivity index (χ1) is 17.3. The summed E-state index contributed by atoms with van der Waals surface area (Å²) in [6, 6.07) is 3.62. The van der Waals surface area contributed by atoms with Crippen LogP contribution in [-0.2, 0) is 23.1 Å². The molecular formula is C25H28F5N3O4. The molecular weight excluding hydrogens is 501 g/mol. The number of carbonyl (C=O) groups is 1. The van der Waals surface area contributed by atoms with Crippen molar-refractivity contribution in [1.82, 2.24) is 10.3 Å². The summed E-state index contributed by atoms with van der Waals surface area (Å²) in [6.45, 7) is 4.62. The minimum atomic E-state index is -4.75. The highest BCUT2D eigenvalue weighted by atomic mass is 19.4. The van der Waals surface area contributed by atoms with E-state index in [1.807, 2.05) is 6.92 Å². The monoisotopic (exact) mass is 529 g/mol. The van der Waals surface area contributed by atoms with Crippen LogP contribution in [0.5, 0.6) is 5.75 Å². The fourth-order valence-corrected chi connectivity index (χ4v) is 5.00. The van der Waals surface area contributed by atoms with Gasteiger partial charge in [-0.1, -0.05) is 6.07 Å². The molecule has 37 heavy (non-hydrogen) atoms. The highest BCUT2D eigenvalue weighted by Crippen LogP contribution is 2.44. The lowest BCUT2D eigenvalue weighted by atomic mass is 9.79. The highest BCUT2D eigenvalue weighted by molar-refractivity contribution is 5.92. The van der Waals surface area contributed by atoms with Crippen LogP contribution >= 0.6 is 0 Å². The Balaban J connectivity index is 1.56. The number of nitrogens with one attached hydrogen (secondary N) is 1. The van der Waals surface area contributed by atoms with Gasteiger partial charge in [0.1, 0.15) is 24.7 Å². The van der Waals surface area contributed by atoms with E-state index in [1.165, 1.54) is 18.3 Å². The molecule has 0 spiro atoms. The molecule has 0 aliphatic carbocycles. The van der Waals surface area contributed by atoms with Gasteiger partial charge < -0.3 is 19.9 Å². The standard InChI is InChI=1S/C25H28F5N3O4/c1-13(2)33-21-15(11-37-23(33)34)6-18(7-19(21)25(28,29)30)36-12-17-9-24(35,8-14(3)32-17)16-4-5-20(22(26)27)31-10-16/h4-7,10,13-14,17,22,32,35H,8-9,11-12H2,1-3H3. The first-order valence-corrected chi connectivity index (χ1v) is 11.8. The van der Waals surface area contributed by atoms with Crippen LogP contribution in [0.2, 0.25) is 0 Å². The minimum Gasteiger partial charge on any atom is -0.492 e. The number of piperidine rings is 1. The van der Waals surface area contributed by atoms with Gasteiger partial charge in [0, 0.05) is 35.4 Å². The molecule has 1 fully saturated rings. The zero-order valence-electron chi connectivity index (χ0n) is 20.5. The van der Waals surface area contributed by atoms with Crippen LogP contribution in [0.15, 0.2) is 30.5 Å². The number of pyridine rings is 1. The van der Waals surface area contributed by atoms with E-state index in [1.54, 1.807) is 13.8 Å². The molecule has 2 aromatic rings. The molecule has 1 aromatic heterocycles. The fourth-order valence-electron chi connectivity index (χ4n) is 5.00. The number of aliphatic hydroxyl groups is 1. The lowest BCUT2D eigenvalue weighted by Crippen LogP contribution is -2.53. The molecule has 2 aliphatic rings. The Labute approximate surface area is 210 Å². The number of amides is 1. The van der Waals surface area contributed by atoms with E-state index in [0.717, 1.165) is 17.0 Å². The van der Waals surface area contributed by atoms with Crippen molar-refractivity contribution in [1.29, 1.82) is 0 Å². The van der Waals surface area contributed by atoms with Gasteiger partial charge in [0.05, 0.1) is 16.9 Å². The van der Waals surface area contributed by atoms with Crippen LogP contribution in [0.25, 0.3) is 0 Å². The van der Waals surface area contributed by atoms with Gasteiger partial charge in [-0.05, 0) is 51.8 Å². The molecule has 202 valence electrons. The number of hydrogen-bond acceptors (Lipinski definition) is 6. The summed E-state index contributed by atoms with van der Waals surface area (Å²) >= 11 is 0. The van der Waals surface area contributed by atoms with Crippen molar-refractivity contribution >= 4 is 11.8 Å². The molecule has 7 nitrogen and oxygen atoms in total. The van der Waals surface area contributed by atoms with Crippen molar-refractivity contribution in [2.45, 2.75) is 76.5 Å². The zero-order chi connectivity index (χ0) is 27.1. The van der Waals surface area contributed by atoms with Crippen molar-refractivity contribution in [2.24, 2.45) is 0 Å². The van der Waals surface area contributed by atoms with Crippen molar-refractivity contribution < 1.29 is 41.3 Å².